The van der Waals surface area contributed by atoms with Crippen LogP contribution in [0.25, 0.3) is 0 Å². The van der Waals surface area contributed by atoms with E-state index in [4.69, 9.17) is 4.74 Å². The van der Waals surface area contributed by atoms with Crippen molar-refractivity contribution >= 4 is 17.8 Å². The summed E-state index contributed by atoms with van der Waals surface area (Å²) >= 11 is 0. The van der Waals surface area contributed by atoms with Gasteiger partial charge in [-0.05, 0) is 62.6 Å². The number of rotatable bonds is 9. The number of carbonyl (C=O) groups excluding carboxylic acids is 1. The van der Waals surface area contributed by atoms with Gasteiger partial charge in [0.25, 0.3) is 0 Å². The highest BCUT2D eigenvalue weighted by Crippen LogP contribution is 2.41. The predicted molar refractivity (Wildman–Crippen MR) is 109 cm³/mol. The number of carboxylic acid groups (broad SMARTS) is 2. The molecule has 1 heterocycles. The first-order valence-electron chi connectivity index (χ1n) is 10.5. The summed E-state index contributed by atoms with van der Waals surface area (Å²) in [7, 11) is 1.58. The fraction of sp³-hybridized carbons (Fsp3) is 0.591. The summed E-state index contributed by atoms with van der Waals surface area (Å²) in [4.78, 5) is 38.0. The Balaban J connectivity index is 1.63. The van der Waals surface area contributed by atoms with E-state index in [1.807, 2.05) is 24.3 Å². The predicted octanol–water partition coefficient (Wildman–Crippen LogP) is 1.91. The number of likely N-dealkylation sites (tertiary alicyclic amines) is 1. The van der Waals surface area contributed by atoms with Gasteiger partial charge in [-0.15, -0.1) is 0 Å². The van der Waals surface area contributed by atoms with E-state index < -0.39 is 30.1 Å². The molecule has 1 saturated heterocycles. The van der Waals surface area contributed by atoms with Crippen LogP contribution in [-0.2, 0) is 20.8 Å². The first kappa shape index (κ1) is 22.1. The number of ether oxygens (including phenoxy) is 1. The second-order valence-electron chi connectivity index (χ2n) is 8.26. The maximum Gasteiger partial charge on any atom is 0.326 e. The Morgan fingerprint density at radius 2 is 1.90 bits per heavy atom. The number of nitrogens with one attached hydrogen (secondary N) is 1. The van der Waals surface area contributed by atoms with Gasteiger partial charge in [0.15, 0.2) is 0 Å². The maximum absolute atomic E-state index is 13.1. The standard InChI is InChI=1S/C22H30N2O6/c1-13(20(25)24-18-5-3-4-15(18)12-19(24)22(28)29)23-17(21(26)27)11-8-14-6-9-16(30-2)10-7-14/h6-7,9-10,13,15,17-19,23H,3-5,8,11-12H2,1-2H3,(H,26,27)(H,28,29)/t13-,15-,17-,18-,19-/m0/s1. The van der Waals surface area contributed by atoms with Crippen LogP contribution in [0.1, 0.15) is 44.6 Å². The minimum Gasteiger partial charge on any atom is -0.497 e. The Morgan fingerprint density at radius 1 is 1.20 bits per heavy atom. The van der Waals surface area contributed by atoms with Crippen LogP contribution in [-0.4, -0.2) is 64.2 Å². The van der Waals surface area contributed by atoms with Gasteiger partial charge in [-0.1, -0.05) is 18.6 Å². The van der Waals surface area contributed by atoms with Crippen LogP contribution in [0.4, 0.5) is 0 Å². The summed E-state index contributed by atoms with van der Waals surface area (Å²) in [5.41, 5.74) is 0.974. The average Bonchev–Trinajstić information content (AvgIpc) is 3.31. The minimum absolute atomic E-state index is 0.0505. The molecule has 1 aliphatic heterocycles. The second kappa shape index (κ2) is 9.47. The third-order valence-corrected chi connectivity index (χ3v) is 6.38. The fourth-order valence-electron chi connectivity index (χ4n) is 4.80. The number of carbonyl (C=O) groups is 3. The topological polar surface area (TPSA) is 116 Å². The fourth-order valence-corrected chi connectivity index (χ4v) is 4.80. The smallest absolute Gasteiger partial charge is 0.326 e. The lowest BCUT2D eigenvalue weighted by Gasteiger charge is -2.31. The Morgan fingerprint density at radius 3 is 2.50 bits per heavy atom. The molecule has 0 radical (unpaired) electrons. The molecule has 0 bridgehead atoms. The van der Waals surface area contributed by atoms with Crippen LogP contribution in [0.5, 0.6) is 5.75 Å². The van der Waals surface area contributed by atoms with E-state index in [1.54, 1.807) is 14.0 Å². The third-order valence-electron chi connectivity index (χ3n) is 6.38. The summed E-state index contributed by atoms with van der Waals surface area (Å²) in [6, 6.07) is 4.86. The van der Waals surface area contributed by atoms with Crippen LogP contribution in [0.15, 0.2) is 24.3 Å². The number of hydrogen-bond acceptors (Lipinski definition) is 5. The van der Waals surface area contributed by atoms with E-state index in [0.717, 1.165) is 30.6 Å². The SMILES string of the molecule is COc1ccc(CC[C@H](N[C@@H](C)C(=O)N2[C@H](C(=O)O)C[C@@H]3CCC[C@@H]32)C(=O)O)cc1. The second-order valence-corrected chi connectivity index (χ2v) is 8.26. The monoisotopic (exact) mass is 418 g/mol. The van der Waals surface area contributed by atoms with Crippen molar-refractivity contribution in [1.29, 1.82) is 0 Å². The molecule has 8 heteroatoms. The lowest BCUT2D eigenvalue weighted by atomic mass is 10.0. The van der Waals surface area contributed by atoms with Crippen LogP contribution in [0.3, 0.4) is 0 Å². The van der Waals surface area contributed by atoms with Gasteiger partial charge >= 0.3 is 11.9 Å². The number of aliphatic carboxylic acids is 2. The Labute approximate surface area is 176 Å². The van der Waals surface area contributed by atoms with Crippen molar-refractivity contribution in [3.8, 4) is 5.75 Å². The lowest BCUT2D eigenvalue weighted by molar-refractivity contribution is -0.151. The largest absolute Gasteiger partial charge is 0.497 e. The van der Waals surface area contributed by atoms with Gasteiger partial charge in [-0.3, -0.25) is 14.9 Å². The summed E-state index contributed by atoms with van der Waals surface area (Å²) in [6.07, 6.45) is 4.08. The number of hydrogen-bond donors (Lipinski definition) is 3. The first-order valence-corrected chi connectivity index (χ1v) is 10.5. The molecule has 1 aromatic carbocycles. The molecule has 1 saturated carbocycles. The highest BCUT2D eigenvalue weighted by molar-refractivity contribution is 5.88. The van der Waals surface area contributed by atoms with Crippen LogP contribution in [0, 0.1) is 5.92 Å². The normalized spacial score (nSPS) is 24.9. The van der Waals surface area contributed by atoms with Crippen molar-refractivity contribution in [2.45, 2.75) is 69.6 Å². The van der Waals surface area contributed by atoms with E-state index in [2.05, 4.69) is 5.32 Å². The quantitative estimate of drug-likeness (QED) is 0.561. The van der Waals surface area contributed by atoms with Crippen molar-refractivity contribution in [1.82, 2.24) is 10.2 Å². The third kappa shape index (κ3) is 4.75. The maximum atomic E-state index is 13.1. The molecule has 30 heavy (non-hydrogen) atoms. The van der Waals surface area contributed by atoms with E-state index in [1.165, 1.54) is 4.90 Å². The Bertz CT molecular complexity index is 780. The molecule has 0 unspecified atom stereocenters. The average molecular weight is 418 g/mol. The van der Waals surface area contributed by atoms with Crippen molar-refractivity contribution in [3.05, 3.63) is 29.8 Å². The minimum atomic E-state index is -1.03. The van der Waals surface area contributed by atoms with E-state index in [0.29, 0.717) is 19.3 Å². The van der Waals surface area contributed by atoms with Gasteiger partial charge in [-0.2, -0.15) is 0 Å². The van der Waals surface area contributed by atoms with Gasteiger partial charge in [0, 0.05) is 6.04 Å². The van der Waals surface area contributed by atoms with E-state index in [9.17, 15) is 24.6 Å². The van der Waals surface area contributed by atoms with Gasteiger partial charge in [-0.25, -0.2) is 4.79 Å². The summed E-state index contributed by atoms with van der Waals surface area (Å²) in [5, 5.41) is 22.1. The summed E-state index contributed by atoms with van der Waals surface area (Å²) in [6.45, 7) is 1.62. The van der Waals surface area contributed by atoms with Crippen LogP contribution < -0.4 is 10.1 Å². The molecule has 2 fully saturated rings. The molecule has 8 nitrogen and oxygen atoms in total. The van der Waals surface area contributed by atoms with Gasteiger partial charge < -0.3 is 19.8 Å². The van der Waals surface area contributed by atoms with Gasteiger partial charge in [0.05, 0.1) is 13.2 Å². The van der Waals surface area contributed by atoms with E-state index in [-0.39, 0.29) is 17.9 Å². The number of carboxylic acids is 2. The molecule has 164 valence electrons. The molecule has 1 aromatic rings. The Kier molecular flexibility index (Phi) is 6.97. The summed E-state index contributed by atoms with van der Waals surface area (Å²) in [5.74, 6) is -1.38. The zero-order valence-electron chi connectivity index (χ0n) is 17.4. The summed E-state index contributed by atoms with van der Waals surface area (Å²) < 4.78 is 5.13. The molecule has 1 aliphatic carbocycles. The molecule has 3 N–H and O–H groups in total. The zero-order valence-corrected chi connectivity index (χ0v) is 17.4. The number of aryl methyl sites for hydroxylation is 1. The molecule has 5 atom stereocenters. The van der Waals surface area contributed by atoms with Gasteiger partial charge in [0.2, 0.25) is 5.91 Å². The number of benzene rings is 1. The zero-order chi connectivity index (χ0) is 21.8. The van der Waals surface area contributed by atoms with Crippen molar-refractivity contribution in [3.63, 3.8) is 0 Å². The number of nitrogens with zero attached hydrogens (tertiary/aromatic N) is 1. The number of amides is 1. The molecule has 1 amide bonds. The van der Waals surface area contributed by atoms with E-state index >= 15 is 0 Å². The van der Waals surface area contributed by atoms with Gasteiger partial charge in [0.1, 0.15) is 17.8 Å². The number of fused-ring (bicyclic) bond motifs is 1. The molecule has 2 aliphatic rings. The van der Waals surface area contributed by atoms with Crippen LogP contribution >= 0.6 is 0 Å². The molecule has 0 aromatic heterocycles. The van der Waals surface area contributed by atoms with Crippen molar-refractivity contribution < 1.29 is 29.3 Å². The molecule has 0 spiro atoms. The molecular formula is C22H30N2O6. The van der Waals surface area contributed by atoms with Crippen molar-refractivity contribution in [2.75, 3.05) is 7.11 Å². The van der Waals surface area contributed by atoms with Crippen LogP contribution in [0.2, 0.25) is 0 Å². The highest BCUT2D eigenvalue weighted by Gasteiger charge is 2.49. The highest BCUT2D eigenvalue weighted by atomic mass is 16.5. The molecular weight excluding hydrogens is 388 g/mol. The van der Waals surface area contributed by atoms with Crippen molar-refractivity contribution in [2.24, 2.45) is 5.92 Å². The first-order chi connectivity index (χ1) is 14.3. The molecule has 3 rings (SSSR count). The lowest BCUT2D eigenvalue weighted by Crippen LogP contribution is -2.55. The number of methoxy groups -OCH3 is 1. The Hall–Kier alpha value is -2.61.